The maximum Gasteiger partial charge on any atom is 0.251 e. The highest BCUT2D eigenvalue weighted by Crippen LogP contribution is 2.15. The third-order valence-corrected chi connectivity index (χ3v) is 1.85. The molecule has 2 nitrogen and oxygen atoms in total. The second-order valence-electron chi connectivity index (χ2n) is 2.77. The molecule has 0 N–H and O–H groups in total. The van der Waals surface area contributed by atoms with Gasteiger partial charge in [0.1, 0.15) is 0 Å². The van der Waals surface area contributed by atoms with E-state index in [1.54, 1.807) is 4.90 Å². The van der Waals surface area contributed by atoms with Crippen molar-refractivity contribution in [2.75, 3.05) is 19.6 Å². The van der Waals surface area contributed by atoms with Crippen molar-refractivity contribution in [1.82, 2.24) is 4.90 Å². The van der Waals surface area contributed by atoms with E-state index >= 15 is 0 Å². The fraction of sp³-hybridized carbons (Fsp3) is 0.857. The van der Waals surface area contributed by atoms with Crippen LogP contribution in [0.3, 0.4) is 0 Å². The molecule has 0 spiro atoms. The number of rotatable bonds is 2. The van der Waals surface area contributed by atoms with E-state index in [1.807, 2.05) is 0 Å². The number of alkyl halides is 2. The molecule has 4 heteroatoms. The Morgan fingerprint density at radius 2 is 2.36 bits per heavy atom. The smallest absolute Gasteiger partial charge is 0.251 e. The van der Waals surface area contributed by atoms with Gasteiger partial charge in [-0.25, -0.2) is 8.78 Å². The van der Waals surface area contributed by atoms with Gasteiger partial charge in [0, 0.05) is 6.54 Å². The van der Waals surface area contributed by atoms with Crippen LogP contribution in [-0.4, -0.2) is 31.0 Å². The van der Waals surface area contributed by atoms with Gasteiger partial charge < -0.3 is 0 Å². The first kappa shape index (κ1) is 8.41. The molecule has 11 heavy (non-hydrogen) atoms. The van der Waals surface area contributed by atoms with Crippen molar-refractivity contribution in [3.05, 3.63) is 0 Å². The lowest BCUT2D eigenvalue weighted by molar-refractivity contribution is 0.0988. The largest absolute Gasteiger partial charge is 0.296 e. The molecule has 1 saturated heterocycles. The molecule has 1 rings (SSSR count). The van der Waals surface area contributed by atoms with Crippen molar-refractivity contribution in [2.24, 2.45) is 5.92 Å². The molecule has 62 valence electrons. The van der Waals surface area contributed by atoms with Crippen LogP contribution in [0.25, 0.3) is 0 Å². The first-order valence-corrected chi connectivity index (χ1v) is 3.62. The van der Waals surface area contributed by atoms with Gasteiger partial charge in [-0.1, -0.05) is 0 Å². The number of nitrogens with zero attached hydrogens (tertiary/aromatic N) is 2. The zero-order chi connectivity index (χ0) is 8.27. The second-order valence-corrected chi connectivity index (χ2v) is 2.77. The van der Waals surface area contributed by atoms with Crippen LogP contribution in [0.5, 0.6) is 0 Å². The fourth-order valence-electron chi connectivity index (χ4n) is 1.30. The van der Waals surface area contributed by atoms with Crippen LogP contribution in [0.4, 0.5) is 8.78 Å². The molecule has 0 aromatic rings. The lowest BCUT2D eigenvalue weighted by Crippen LogP contribution is -2.26. The lowest BCUT2D eigenvalue weighted by atomic mass is 10.1. The van der Waals surface area contributed by atoms with Crippen LogP contribution < -0.4 is 0 Å². The summed E-state index contributed by atoms with van der Waals surface area (Å²) in [5.41, 5.74) is 0. The minimum Gasteiger partial charge on any atom is -0.296 e. The molecule has 1 fully saturated rings. The molecule has 0 aromatic carbocycles. The van der Waals surface area contributed by atoms with Gasteiger partial charge in [-0.3, -0.25) is 4.90 Å². The van der Waals surface area contributed by atoms with E-state index in [-0.39, 0.29) is 12.5 Å². The van der Waals surface area contributed by atoms with E-state index in [9.17, 15) is 8.78 Å². The number of hydrogen-bond acceptors (Lipinski definition) is 2. The van der Waals surface area contributed by atoms with Crippen LogP contribution in [0, 0.1) is 17.2 Å². The molecule has 0 aromatic heterocycles. The van der Waals surface area contributed by atoms with Gasteiger partial charge in [0.2, 0.25) is 0 Å². The molecule has 0 saturated carbocycles. The first-order chi connectivity index (χ1) is 5.22. The van der Waals surface area contributed by atoms with Crippen molar-refractivity contribution < 1.29 is 8.78 Å². The van der Waals surface area contributed by atoms with E-state index in [1.165, 1.54) is 0 Å². The van der Waals surface area contributed by atoms with Gasteiger partial charge in [0.25, 0.3) is 6.43 Å². The van der Waals surface area contributed by atoms with E-state index in [0.29, 0.717) is 13.1 Å². The summed E-state index contributed by atoms with van der Waals surface area (Å²) in [5, 5.41) is 8.45. The maximum atomic E-state index is 11.8. The average molecular weight is 160 g/mol. The van der Waals surface area contributed by atoms with Crippen molar-refractivity contribution in [3.8, 4) is 6.07 Å². The number of halogens is 2. The summed E-state index contributed by atoms with van der Waals surface area (Å²) in [7, 11) is 0. The summed E-state index contributed by atoms with van der Waals surface area (Å²) in [6.45, 7) is 0.974. The molecule has 1 aliphatic rings. The molecule has 0 radical (unpaired) electrons. The Labute approximate surface area is 64.4 Å². The van der Waals surface area contributed by atoms with Gasteiger partial charge in [-0.05, 0) is 13.0 Å². The number of hydrogen-bond donors (Lipinski definition) is 0. The molecular weight excluding hydrogens is 150 g/mol. The maximum absolute atomic E-state index is 11.8. The highest BCUT2D eigenvalue weighted by Gasteiger charge is 2.23. The third-order valence-electron chi connectivity index (χ3n) is 1.85. The average Bonchev–Trinajstić information content (AvgIpc) is 2.34. The second kappa shape index (κ2) is 3.63. The molecule has 0 aliphatic carbocycles. The summed E-state index contributed by atoms with van der Waals surface area (Å²) >= 11 is 0. The van der Waals surface area contributed by atoms with Crippen molar-refractivity contribution >= 4 is 0 Å². The Bertz CT molecular complexity index is 164. The molecule has 0 bridgehead atoms. The van der Waals surface area contributed by atoms with E-state index in [4.69, 9.17) is 5.26 Å². The molecular formula is C7H10F2N2. The Kier molecular flexibility index (Phi) is 2.77. The highest BCUT2D eigenvalue weighted by atomic mass is 19.3. The van der Waals surface area contributed by atoms with Crippen LogP contribution in [0.15, 0.2) is 0 Å². The summed E-state index contributed by atoms with van der Waals surface area (Å²) in [6.07, 6.45) is -1.53. The summed E-state index contributed by atoms with van der Waals surface area (Å²) in [4.78, 5) is 1.64. The predicted octanol–water partition coefficient (Wildman–Crippen LogP) is 1.10. The Balaban J connectivity index is 2.26. The van der Waals surface area contributed by atoms with E-state index in [0.717, 1.165) is 6.42 Å². The molecule has 0 amide bonds. The highest BCUT2D eigenvalue weighted by molar-refractivity contribution is 4.90. The predicted molar refractivity (Wildman–Crippen MR) is 36.2 cm³/mol. The standard InChI is InChI=1S/C7H10F2N2/c8-7(9)5-11-2-1-6(3-10)4-11/h6-7H,1-2,4-5H2. The topological polar surface area (TPSA) is 27.0 Å². The minimum atomic E-state index is -2.27. The van der Waals surface area contributed by atoms with Crippen LogP contribution in [0.1, 0.15) is 6.42 Å². The van der Waals surface area contributed by atoms with Crippen molar-refractivity contribution in [1.29, 1.82) is 5.26 Å². The quantitative estimate of drug-likeness (QED) is 0.604. The number of nitriles is 1. The van der Waals surface area contributed by atoms with Gasteiger partial charge in [-0.15, -0.1) is 0 Å². The Hall–Kier alpha value is -0.690. The summed E-state index contributed by atoms with van der Waals surface area (Å²) in [6, 6.07) is 2.08. The van der Waals surface area contributed by atoms with Crippen LogP contribution in [-0.2, 0) is 0 Å². The normalized spacial score (nSPS) is 25.8. The Morgan fingerprint density at radius 3 is 2.82 bits per heavy atom. The van der Waals surface area contributed by atoms with E-state index < -0.39 is 6.43 Å². The molecule has 1 aliphatic heterocycles. The molecule has 1 atom stereocenters. The minimum absolute atomic E-state index is 0.0336. The zero-order valence-corrected chi connectivity index (χ0v) is 6.13. The molecule has 1 heterocycles. The van der Waals surface area contributed by atoms with Gasteiger partial charge >= 0.3 is 0 Å². The zero-order valence-electron chi connectivity index (χ0n) is 6.13. The number of likely N-dealkylation sites (tertiary alicyclic amines) is 1. The van der Waals surface area contributed by atoms with Gasteiger partial charge in [0.15, 0.2) is 0 Å². The van der Waals surface area contributed by atoms with Gasteiger partial charge in [0.05, 0.1) is 18.5 Å². The third kappa shape index (κ3) is 2.43. The Morgan fingerprint density at radius 1 is 1.64 bits per heavy atom. The summed E-state index contributed by atoms with van der Waals surface area (Å²) < 4.78 is 23.6. The van der Waals surface area contributed by atoms with Crippen LogP contribution >= 0.6 is 0 Å². The van der Waals surface area contributed by atoms with Crippen molar-refractivity contribution in [3.63, 3.8) is 0 Å². The van der Waals surface area contributed by atoms with Crippen molar-refractivity contribution in [2.45, 2.75) is 12.8 Å². The first-order valence-electron chi connectivity index (χ1n) is 3.62. The lowest BCUT2D eigenvalue weighted by Gasteiger charge is -2.12. The molecule has 1 unspecified atom stereocenters. The fourth-order valence-corrected chi connectivity index (χ4v) is 1.30. The summed E-state index contributed by atoms with van der Waals surface area (Å²) in [5.74, 6) is -0.0336. The van der Waals surface area contributed by atoms with Gasteiger partial charge in [-0.2, -0.15) is 5.26 Å². The SMILES string of the molecule is N#CC1CCN(CC(F)F)C1. The van der Waals surface area contributed by atoms with Crippen LogP contribution in [0.2, 0.25) is 0 Å². The monoisotopic (exact) mass is 160 g/mol. The van der Waals surface area contributed by atoms with E-state index in [2.05, 4.69) is 6.07 Å².